The number of amides is 1. The van der Waals surface area contributed by atoms with Gasteiger partial charge in [-0.15, -0.1) is 0 Å². The summed E-state index contributed by atoms with van der Waals surface area (Å²) < 4.78 is 11.3. The zero-order chi connectivity index (χ0) is 17.2. The van der Waals surface area contributed by atoms with Gasteiger partial charge in [-0.3, -0.25) is 4.90 Å². The Bertz CT molecular complexity index is 589. The minimum atomic E-state index is -0.488. The molecule has 1 aromatic carbocycles. The van der Waals surface area contributed by atoms with Crippen molar-refractivity contribution < 1.29 is 14.3 Å². The Hall–Kier alpha value is -1.75. The molecule has 3 rings (SSSR count). The highest BCUT2D eigenvalue weighted by molar-refractivity contribution is 5.68. The molecular formula is C19H28N2O3. The number of nitrogens with zero attached hydrogens (tertiary/aromatic N) is 1. The lowest BCUT2D eigenvalue weighted by molar-refractivity contribution is 0.0114. The molecule has 1 fully saturated rings. The van der Waals surface area contributed by atoms with Crippen LogP contribution in [0.3, 0.4) is 0 Å². The number of carbonyl (C=O) groups excluding carboxylic acids is 1. The van der Waals surface area contributed by atoms with Crippen molar-refractivity contribution in [3.63, 3.8) is 0 Å². The molecule has 5 heteroatoms. The topological polar surface area (TPSA) is 50.8 Å². The van der Waals surface area contributed by atoms with Crippen LogP contribution < -0.4 is 10.1 Å². The minimum Gasteiger partial charge on any atom is -0.493 e. The van der Waals surface area contributed by atoms with Crippen LogP contribution in [0, 0.1) is 0 Å². The smallest absolute Gasteiger partial charge is 0.410 e. The quantitative estimate of drug-likeness (QED) is 0.924. The van der Waals surface area contributed by atoms with Crippen molar-refractivity contribution in [3.8, 4) is 5.75 Å². The Balaban J connectivity index is 1.77. The summed E-state index contributed by atoms with van der Waals surface area (Å²) in [6, 6.07) is 6.45. The summed E-state index contributed by atoms with van der Waals surface area (Å²) in [5, 5.41) is 3.39. The van der Waals surface area contributed by atoms with E-state index in [-0.39, 0.29) is 12.1 Å². The van der Waals surface area contributed by atoms with Crippen LogP contribution in [0.15, 0.2) is 18.2 Å². The number of benzene rings is 1. The number of hydrogen-bond donors (Lipinski definition) is 1. The van der Waals surface area contributed by atoms with Gasteiger partial charge in [0.05, 0.1) is 6.61 Å². The molecule has 0 radical (unpaired) electrons. The zero-order valence-electron chi connectivity index (χ0n) is 14.9. The van der Waals surface area contributed by atoms with Crippen LogP contribution in [0.5, 0.6) is 5.75 Å². The molecule has 0 bridgehead atoms. The zero-order valence-corrected chi connectivity index (χ0v) is 14.9. The maximum Gasteiger partial charge on any atom is 0.410 e. The van der Waals surface area contributed by atoms with Crippen molar-refractivity contribution in [2.45, 2.75) is 58.2 Å². The van der Waals surface area contributed by atoms with Gasteiger partial charge < -0.3 is 14.8 Å². The summed E-state index contributed by atoms with van der Waals surface area (Å²) >= 11 is 0. The van der Waals surface area contributed by atoms with Gasteiger partial charge in [-0.2, -0.15) is 0 Å². The van der Waals surface area contributed by atoms with E-state index >= 15 is 0 Å². The predicted octanol–water partition coefficient (Wildman–Crippen LogP) is 3.11. The summed E-state index contributed by atoms with van der Waals surface area (Å²) in [5.41, 5.74) is 1.85. The molecule has 2 heterocycles. The second-order valence-corrected chi connectivity index (χ2v) is 7.65. The molecule has 1 amide bonds. The Labute approximate surface area is 144 Å². The molecule has 0 aromatic heterocycles. The van der Waals surface area contributed by atoms with Gasteiger partial charge in [-0.25, -0.2) is 4.79 Å². The van der Waals surface area contributed by atoms with Crippen molar-refractivity contribution in [1.82, 2.24) is 10.2 Å². The van der Waals surface area contributed by atoms with Crippen LogP contribution in [-0.2, 0) is 17.7 Å². The predicted molar refractivity (Wildman–Crippen MR) is 93.3 cm³/mol. The summed E-state index contributed by atoms with van der Waals surface area (Å²) in [6.07, 6.45) is 2.82. The first-order chi connectivity index (χ1) is 11.4. The molecule has 24 heavy (non-hydrogen) atoms. The van der Waals surface area contributed by atoms with E-state index in [2.05, 4.69) is 23.5 Å². The Morgan fingerprint density at radius 2 is 2.25 bits per heavy atom. The maximum atomic E-state index is 12.7. The van der Waals surface area contributed by atoms with Gasteiger partial charge in [0.25, 0.3) is 0 Å². The third-order valence-corrected chi connectivity index (χ3v) is 4.45. The van der Waals surface area contributed by atoms with E-state index in [4.69, 9.17) is 9.47 Å². The molecule has 0 spiro atoms. The van der Waals surface area contributed by atoms with Crippen LogP contribution in [0.2, 0.25) is 0 Å². The number of hydrogen-bond acceptors (Lipinski definition) is 4. The average molecular weight is 332 g/mol. The molecule has 1 aromatic rings. The Morgan fingerprint density at radius 1 is 1.42 bits per heavy atom. The molecule has 0 saturated carbocycles. The van der Waals surface area contributed by atoms with Crippen molar-refractivity contribution in [2.24, 2.45) is 0 Å². The average Bonchev–Trinajstić information content (AvgIpc) is 2.99. The lowest BCUT2D eigenvalue weighted by Crippen LogP contribution is -2.49. The lowest BCUT2D eigenvalue weighted by atomic mass is 10.0. The first kappa shape index (κ1) is 17.1. The molecule has 5 nitrogen and oxygen atoms in total. The van der Waals surface area contributed by atoms with Crippen molar-refractivity contribution in [2.75, 3.05) is 19.7 Å². The van der Waals surface area contributed by atoms with Gasteiger partial charge >= 0.3 is 6.09 Å². The highest BCUT2D eigenvalue weighted by Crippen LogP contribution is 2.27. The number of fused-ring (bicyclic) bond motifs is 1. The SMILES string of the molecule is CC(C)(C)OC(=O)N(Cc1ccc2c(c1)OCC2)[C@H]1CCCNC1. The number of ether oxygens (including phenoxy) is 2. The Morgan fingerprint density at radius 3 is 2.96 bits per heavy atom. The summed E-state index contributed by atoms with van der Waals surface area (Å²) in [7, 11) is 0. The highest BCUT2D eigenvalue weighted by Gasteiger charge is 2.29. The van der Waals surface area contributed by atoms with E-state index in [1.807, 2.05) is 25.7 Å². The van der Waals surface area contributed by atoms with E-state index in [1.165, 1.54) is 5.56 Å². The first-order valence-electron chi connectivity index (χ1n) is 8.87. The summed E-state index contributed by atoms with van der Waals surface area (Å²) in [4.78, 5) is 14.6. The number of rotatable bonds is 3. The number of carbonyl (C=O) groups is 1. The standard InChI is InChI=1S/C19H28N2O3/c1-19(2,3)24-18(22)21(16-5-4-9-20-12-16)13-14-6-7-15-8-10-23-17(15)11-14/h6-7,11,16,20H,4-5,8-10,12-13H2,1-3H3/t16-/m0/s1. The van der Waals surface area contributed by atoms with E-state index < -0.39 is 5.60 Å². The largest absolute Gasteiger partial charge is 0.493 e. The van der Waals surface area contributed by atoms with Crippen LogP contribution in [-0.4, -0.2) is 42.3 Å². The second kappa shape index (κ2) is 7.01. The molecule has 1 atom stereocenters. The fourth-order valence-corrected chi connectivity index (χ4v) is 3.27. The van der Waals surface area contributed by atoms with Gasteiger partial charge in [0.1, 0.15) is 11.4 Å². The van der Waals surface area contributed by atoms with Crippen LogP contribution in [0.4, 0.5) is 4.79 Å². The fourth-order valence-electron chi connectivity index (χ4n) is 3.27. The van der Waals surface area contributed by atoms with Crippen LogP contribution in [0.1, 0.15) is 44.7 Å². The summed E-state index contributed by atoms with van der Waals surface area (Å²) in [5.74, 6) is 0.957. The van der Waals surface area contributed by atoms with Crippen molar-refractivity contribution >= 4 is 6.09 Å². The van der Waals surface area contributed by atoms with E-state index in [0.717, 1.165) is 50.3 Å². The monoisotopic (exact) mass is 332 g/mol. The van der Waals surface area contributed by atoms with Crippen LogP contribution in [0.25, 0.3) is 0 Å². The first-order valence-corrected chi connectivity index (χ1v) is 8.87. The molecule has 0 unspecified atom stereocenters. The third kappa shape index (κ3) is 4.20. The molecular weight excluding hydrogens is 304 g/mol. The number of nitrogens with one attached hydrogen (secondary N) is 1. The normalized spacial score (nSPS) is 20.2. The summed E-state index contributed by atoms with van der Waals surface area (Å²) in [6.45, 7) is 8.87. The van der Waals surface area contributed by atoms with Crippen LogP contribution >= 0.6 is 0 Å². The lowest BCUT2D eigenvalue weighted by Gasteiger charge is -2.36. The second-order valence-electron chi connectivity index (χ2n) is 7.65. The van der Waals surface area contributed by atoms with Gasteiger partial charge in [0.2, 0.25) is 0 Å². The molecule has 1 saturated heterocycles. The molecule has 1 N–H and O–H groups in total. The van der Waals surface area contributed by atoms with Crippen molar-refractivity contribution in [1.29, 1.82) is 0 Å². The highest BCUT2D eigenvalue weighted by atomic mass is 16.6. The maximum absolute atomic E-state index is 12.7. The number of piperidine rings is 1. The molecule has 132 valence electrons. The van der Waals surface area contributed by atoms with Gasteiger partial charge in [-0.1, -0.05) is 12.1 Å². The van der Waals surface area contributed by atoms with E-state index in [1.54, 1.807) is 0 Å². The van der Waals surface area contributed by atoms with E-state index in [9.17, 15) is 4.79 Å². The minimum absolute atomic E-state index is 0.169. The molecule has 2 aliphatic rings. The van der Waals surface area contributed by atoms with Crippen molar-refractivity contribution in [3.05, 3.63) is 29.3 Å². The Kier molecular flexibility index (Phi) is 4.99. The molecule has 0 aliphatic carbocycles. The third-order valence-electron chi connectivity index (χ3n) is 4.45. The van der Waals surface area contributed by atoms with Gasteiger partial charge in [0, 0.05) is 25.6 Å². The molecule has 2 aliphatic heterocycles. The van der Waals surface area contributed by atoms with Gasteiger partial charge in [0.15, 0.2) is 0 Å². The fraction of sp³-hybridized carbons (Fsp3) is 0.632. The van der Waals surface area contributed by atoms with Gasteiger partial charge in [-0.05, 0) is 57.4 Å². The van der Waals surface area contributed by atoms with E-state index in [0.29, 0.717) is 6.54 Å².